The molecular weight excluding hydrogens is 486 g/mol. The zero-order chi connectivity index (χ0) is 28.6. The summed E-state index contributed by atoms with van der Waals surface area (Å²) in [6, 6.07) is 3.91. The largest absolute Gasteiger partial charge is 0.480 e. The van der Waals surface area contributed by atoms with Crippen molar-refractivity contribution in [2.45, 2.75) is 85.0 Å². The van der Waals surface area contributed by atoms with Crippen LogP contribution in [0.3, 0.4) is 0 Å². The molecule has 1 heterocycles. The lowest BCUT2D eigenvalue weighted by Crippen LogP contribution is -2.58. The number of carboxylic acid groups (broad SMARTS) is 1. The molecule has 1 aromatic heterocycles. The van der Waals surface area contributed by atoms with Gasteiger partial charge in [0, 0.05) is 17.1 Å². The van der Waals surface area contributed by atoms with Crippen LogP contribution in [0.15, 0.2) is 30.5 Å². The van der Waals surface area contributed by atoms with E-state index in [2.05, 4.69) is 20.9 Å². The first-order valence-corrected chi connectivity index (χ1v) is 13.2. The molecule has 4 unspecified atom stereocenters. The van der Waals surface area contributed by atoms with Gasteiger partial charge in [-0.1, -0.05) is 59.7 Å². The van der Waals surface area contributed by atoms with Crippen LogP contribution in [-0.4, -0.2) is 57.9 Å². The van der Waals surface area contributed by atoms with Gasteiger partial charge in [0.15, 0.2) is 0 Å². The summed E-state index contributed by atoms with van der Waals surface area (Å²) in [6.45, 7) is 11.1. The first-order valence-electron chi connectivity index (χ1n) is 13.2. The number of H-pyrrole nitrogens is 1. The van der Waals surface area contributed by atoms with Crippen molar-refractivity contribution in [3.63, 3.8) is 0 Å². The Hall–Kier alpha value is -3.40. The molecule has 0 bridgehead atoms. The third-order valence-corrected chi connectivity index (χ3v) is 6.36. The van der Waals surface area contributed by atoms with Crippen molar-refractivity contribution in [3.05, 3.63) is 36.0 Å². The highest BCUT2D eigenvalue weighted by Crippen LogP contribution is 2.19. The molecule has 10 heteroatoms. The molecule has 0 fully saturated rings. The number of carboxylic acids is 1. The molecule has 4 atom stereocenters. The molecule has 2 rings (SSSR count). The summed E-state index contributed by atoms with van der Waals surface area (Å²) in [5, 5.41) is 18.5. The number of nitrogens with one attached hydrogen (secondary N) is 4. The van der Waals surface area contributed by atoms with Crippen LogP contribution in [0, 0.1) is 17.8 Å². The number of para-hydroxylation sites is 1. The number of aromatic amines is 1. The summed E-state index contributed by atoms with van der Waals surface area (Å²) < 4.78 is 0. The summed E-state index contributed by atoms with van der Waals surface area (Å²) in [5.41, 5.74) is 8.08. The average molecular weight is 530 g/mol. The number of benzene rings is 1. The summed E-state index contributed by atoms with van der Waals surface area (Å²) in [5.74, 6) is -2.90. The van der Waals surface area contributed by atoms with Crippen molar-refractivity contribution in [1.82, 2.24) is 20.9 Å². The predicted molar refractivity (Wildman–Crippen MR) is 147 cm³/mol. The van der Waals surface area contributed by atoms with E-state index in [0.29, 0.717) is 12.8 Å². The fourth-order valence-corrected chi connectivity index (χ4v) is 4.35. The fourth-order valence-electron chi connectivity index (χ4n) is 4.35. The standard InChI is InChI=1S/C28H43N5O5/c1-15(2)11-22(31-25(34)20(29)13-18-14-30-21-10-8-7-9-19(18)21)26(35)32-23(12-16(3)4)27(36)33-24(17(5)6)28(37)38/h7-10,14-17,20,22-24,30H,11-13,29H2,1-6H3,(H,31,34)(H,32,35)(H,33,36)(H,37,38). The Kier molecular flexibility index (Phi) is 11.3. The van der Waals surface area contributed by atoms with Gasteiger partial charge < -0.3 is 31.8 Å². The second-order valence-electron chi connectivity index (χ2n) is 11.1. The molecule has 0 aliphatic carbocycles. The number of hydrogen-bond acceptors (Lipinski definition) is 5. The first-order chi connectivity index (χ1) is 17.8. The zero-order valence-corrected chi connectivity index (χ0v) is 23.2. The zero-order valence-electron chi connectivity index (χ0n) is 23.2. The average Bonchev–Trinajstić information content (AvgIpc) is 3.23. The van der Waals surface area contributed by atoms with E-state index >= 15 is 0 Å². The third-order valence-electron chi connectivity index (χ3n) is 6.36. The smallest absolute Gasteiger partial charge is 0.326 e. The summed E-state index contributed by atoms with van der Waals surface area (Å²) >= 11 is 0. The fraction of sp³-hybridized carbons (Fsp3) is 0.571. The van der Waals surface area contributed by atoms with E-state index < -0.39 is 47.9 Å². The van der Waals surface area contributed by atoms with Gasteiger partial charge in [0.2, 0.25) is 17.7 Å². The van der Waals surface area contributed by atoms with Gasteiger partial charge in [-0.15, -0.1) is 0 Å². The number of aromatic nitrogens is 1. The highest BCUT2D eigenvalue weighted by Gasteiger charge is 2.32. The molecule has 7 N–H and O–H groups in total. The molecule has 0 saturated carbocycles. The van der Waals surface area contributed by atoms with E-state index in [1.54, 1.807) is 13.8 Å². The molecule has 0 spiro atoms. The van der Waals surface area contributed by atoms with Crippen LogP contribution in [0.5, 0.6) is 0 Å². The Morgan fingerprint density at radius 3 is 1.89 bits per heavy atom. The molecular formula is C28H43N5O5. The molecule has 10 nitrogen and oxygen atoms in total. The molecule has 0 aliphatic rings. The summed E-state index contributed by atoms with van der Waals surface area (Å²) in [4.78, 5) is 54.1. The van der Waals surface area contributed by atoms with Crippen LogP contribution >= 0.6 is 0 Å². The van der Waals surface area contributed by atoms with Gasteiger partial charge in [-0.2, -0.15) is 0 Å². The maximum Gasteiger partial charge on any atom is 0.326 e. The second-order valence-corrected chi connectivity index (χ2v) is 11.1. The lowest BCUT2D eigenvalue weighted by molar-refractivity contribution is -0.143. The molecule has 38 heavy (non-hydrogen) atoms. The van der Waals surface area contributed by atoms with Gasteiger partial charge in [0.05, 0.1) is 6.04 Å². The van der Waals surface area contributed by atoms with Crippen LogP contribution in [0.25, 0.3) is 10.9 Å². The van der Waals surface area contributed by atoms with Crippen molar-refractivity contribution in [3.8, 4) is 0 Å². The number of carbonyl (C=O) groups is 4. The number of aliphatic carboxylic acids is 1. The Balaban J connectivity index is 2.13. The first kappa shape index (κ1) is 30.8. The minimum absolute atomic E-state index is 0.0520. The van der Waals surface area contributed by atoms with Gasteiger partial charge in [0.1, 0.15) is 18.1 Å². The minimum Gasteiger partial charge on any atom is -0.480 e. The second kappa shape index (κ2) is 13.9. The SMILES string of the molecule is CC(C)CC(NC(=O)C(N)Cc1c[nH]c2ccccc12)C(=O)NC(CC(C)C)C(=O)NC(C(=O)O)C(C)C. The quantitative estimate of drug-likeness (QED) is 0.220. The molecule has 0 saturated heterocycles. The predicted octanol–water partition coefficient (Wildman–Crippen LogP) is 2.32. The molecule has 3 amide bonds. The number of rotatable bonds is 14. The molecule has 0 aliphatic heterocycles. The topological polar surface area (TPSA) is 166 Å². The van der Waals surface area contributed by atoms with Crippen LogP contribution < -0.4 is 21.7 Å². The summed E-state index contributed by atoms with van der Waals surface area (Å²) in [6.07, 6.45) is 2.77. The van der Waals surface area contributed by atoms with Crippen molar-refractivity contribution in [1.29, 1.82) is 0 Å². The number of carbonyl (C=O) groups excluding carboxylic acids is 3. The van der Waals surface area contributed by atoms with Crippen LogP contribution in [0.4, 0.5) is 0 Å². The van der Waals surface area contributed by atoms with Gasteiger partial charge in [-0.25, -0.2) is 4.79 Å². The lowest BCUT2D eigenvalue weighted by Gasteiger charge is -2.27. The highest BCUT2D eigenvalue weighted by molar-refractivity contribution is 5.94. The van der Waals surface area contributed by atoms with Gasteiger partial charge in [-0.3, -0.25) is 14.4 Å². The maximum atomic E-state index is 13.3. The number of fused-ring (bicyclic) bond motifs is 1. The number of hydrogen-bond donors (Lipinski definition) is 6. The normalized spacial score (nSPS) is 14.8. The van der Waals surface area contributed by atoms with Crippen LogP contribution in [-0.2, 0) is 25.6 Å². The number of nitrogens with two attached hydrogens (primary N) is 1. The Morgan fingerprint density at radius 1 is 0.842 bits per heavy atom. The van der Waals surface area contributed by atoms with E-state index in [9.17, 15) is 24.3 Å². The van der Waals surface area contributed by atoms with Gasteiger partial charge in [0.25, 0.3) is 0 Å². The monoisotopic (exact) mass is 529 g/mol. The van der Waals surface area contributed by atoms with Crippen LogP contribution in [0.2, 0.25) is 0 Å². The van der Waals surface area contributed by atoms with E-state index in [-0.39, 0.29) is 24.2 Å². The third kappa shape index (κ3) is 8.86. The highest BCUT2D eigenvalue weighted by atomic mass is 16.4. The Bertz CT molecular complexity index is 1110. The van der Waals surface area contributed by atoms with E-state index in [1.807, 2.05) is 58.2 Å². The lowest BCUT2D eigenvalue weighted by atomic mass is 9.98. The van der Waals surface area contributed by atoms with Crippen molar-refractivity contribution < 1.29 is 24.3 Å². The molecule has 210 valence electrons. The Morgan fingerprint density at radius 2 is 1.37 bits per heavy atom. The summed E-state index contributed by atoms with van der Waals surface area (Å²) in [7, 11) is 0. The van der Waals surface area contributed by atoms with E-state index in [4.69, 9.17) is 5.73 Å². The number of amides is 3. The van der Waals surface area contributed by atoms with Gasteiger partial charge >= 0.3 is 5.97 Å². The maximum absolute atomic E-state index is 13.3. The van der Waals surface area contributed by atoms with E-state index in [0.717, 1.165) is 16.5 Å². The van der Waals surface area contributed by atoms with Crippen molar-refractivity contribution in [2.24, 2.45) is 23.5 Å². The van der Waals surface area contributed by atoms with E-state index in [1.165, 1.54) is 0 Å². The Labute approximate surface area is 224 Å². The van der Waals surface area contributed by atoms with Crippen LogP contribution in [0.1, 0.15) is 59.9 Å². The minimum atomic E-state index is -1.14. The molecule has 0 radical (unpaired) electrons. The van der Waals surface area contributed by atoms with Crippen molar-refractivity contribution in [2.75, 3.05) is 0 Å². The molecule has 2 aromatic rings. The van der Waals surface area contributed by atoms with Crippen molar-refractivity contribution >= 4 is 34.6 Å². The van der Waals surface area contributed by atoms with Gasteiger partial charge in [-0.05, 0) is 48.6 Å². The molecule has 1 aromatic carbocycles.